The number of thioether (sulfide) groups is 1. The van der Waals surface area contributed by atoms with Crippen molar-refractivity contribution in [3.63, 3.8) is 0 Å². The molecule has 0 aliphatic heterocycles. The molecule has 136 valence electrons. The molecule has 0 saturated heterocycles. The van der Waals surface area contributed by atoms with Gasteiger partial charge >= 0.3 is 0 Å². The van der Waals surface area contributed by atoms with Crippen LogP contribution in [0.4, 0.5) is 5.69 Å². The number of carbonyl (C=O) groups excluding carboxylic acids is 1. The minimum atomic E-state index is -0.139. The zero-order chi connectivity index (χ0) is 18.9. The van der Waals surface area contributed by atoms with E-state index < -0.39 is 0 Å². The number of nitrogens with zero attached hydrogens (tertiary/aromatic N) is 2. The molecule has 1 amide bonds. The maximum atomic E-state index is 12.2. The van der Waals surface area contributed by atoms with Gasteiger partial charge in [0.2, 0.25) is 5.91 Å². The van der Waals surface area contributed by atoms with Crippen LogP contribution in [0.1, 0.15) is 36.6 Å². The van der Waals surface area contributed by atoms with Crippen molar-refractivity contribution in [3.05, 3.63) is 47.2 Å². The summed E-state index contributed by atoms with van der Waals surface area (Å²) in [5, 5.41) is 12.7. The lowest BCUT2D eigenvalue weighted by Crippen LogP contribution is -2.14. The largest absolute Gasteiger partial charge is 0.494 e. The van der Waals surface area contributed by atoms with Crippen molar-refractivity contribution in [1.82, 2.24) is 4.98 Å². The Morgan fingerprint density at radius 2 is 2.04 bits per heavy atom. The van der Waals surface area contributed by atoms with E-state index in [-0.39, 0.29) is 11.7 Å². The number of rotatable bonds is 8. The molecule has 0 atom stereocenters. The molecule has 0 fully saturated rings. The fourth-order valence-corrected chi connectivity index (χ4v) is 3.24. The normalized spacial score (nSPS) is 10.2. The molecule has 2 aromatic rings. The number of nitrogens with one attached hydrogen (secondary N) is 1. The molecule has 0 aliphatic carbocycles. The summed E-state index contributed by atoms with van der Waals surface area (Å²) in [5.74, 6) is 0.850. The Morgan fingerprint density at radius 3 is 2.69 bits per heavy atom. The summed E-state index contributed by atoms with van der Waals surface area (Å²) in [5.41, 5.74) is 2.96. The van der Waals surface area contributed by atoms with E-state index in [4.69, 9.17) is 4.74 Å². The number of aryl methyl sites for hydroxylation is 2. The van der Waals surface area contributed by atoms with E-state index in [1.165, 1.54) is 11.8 Å². The summed E-state index contributed by atoms with van der Waals surface area (Å²) >= 11 is 1.27. The third-order valence-corrected chi connectivity index (χ3v) is 4.64. The Labute approximate surface area is 158 Å². The number of anilines is 1. The van der Waals surface area contributed by atoms with Gasteiger partial charge in [0.25, 0.3) is 0 Å². The Hall–Kier alpha value is -2.52. The lowest BCUT2D eigenvalue weighted by molar-refractivity contribution is -0.113. The summed E-state index contributed by atoms with van der Waals surface area (Å²) in [6.45, 7) is 6.57. The maximum Gasteiger partial charge on any atom is 0.234 e. The van der Waals surface area contributed by atoms with Gasteiger partial charge in [-0.2, -0.15) is 5.26 Å². The predicted octanol–water partition coefficient (Wildman–Crippen LogP) is 4.48. The quantitative estimate of drug-likeness (QED) is 0.548. The number of ether oxygens (including phenoxy) is 1. The molecular weight excluding hydrogens is 346 g/mol. The Kier molecular flexibility index (Phi) is 7.49. The molecule has 6 heteroatoms. The van der Waals surface area contributed by atoms with Crippen molar-refractivity contribution in [3.8, 4) is 11.8 Å². The van der Waals surface area contributed by atoms with Crippen LogP contribution < -0.4 is 10.1 Å². The summed E-state index contributed by atoms with van der Waals surface area (Å²) in [4.78, 5) is 16.6. The van der Waals surface area contributed by atoms with Gasteiger partial charge in [-0.05, 0) is 56.2 Å². The molecule has 0 aliphatic rings. The first-order valence-electron chi connectivity index (χ1n) is 8.57. The Morgan fingerprint density at radius 1 is 1.31 bits per heavy atom. The fraction of sp³-hybridized carbons (Fsp3) is 0.350. The van der Waals surface area contributed by atoms with E-state index in [0.29, 0.717) is 22.9 Å². The molecule has 0 saturated carbocycles. The van der Waals surface area contributed by atoms with Gasteiger partial charge in [-0.1, -0.05) is 25.1 Å². The first kappa shape index (κ1) is 19.8. The van der Waals surface area contributed by atoms with Crippen LogP contribution in [0.3, 0.4) is 0 Å². The second-order valence-electron chi connectivity index (χ2n) is 5.94. The second-order valence-corrected chi connectivity index (χ2v) is 6.90. The fourth-order valence-electron chi connectivity index (χ4n) is 2.34. The van der Waals surface area contributed by atoms with E-state index in [2.05, 4.69) is 23.3 Å². The molecule has 5 nitrogen and oxygen atoms in total. The number of nitriles is 1. The molecule has 26 heavy (non-hydrogen) atoms. The molecule has 0 spiro atoms. The van der Waals surface area contributed by atoms with Crippen molar-refractivity contribution in [2.24, 2.45) is 0 Å². The van der Waals surface area contributed by atoms with Gasteiger partial charge in [0.1, 0.15) is 16.8 Å². The van der Waals surface area contributed by atoms with Gasteiger partial charge in [-0.15, -0.1) is 0 Å². The summed E-state index contributed by atoms with van der Waals surface area (Å²) < 4.78 is 5.60. The molecule has 0 bridgehead atoms. The van der Waals surface area contributed by atoms with Gasteiger partial charge in [0, 0.05) is 11.4 Å². The molecular formula is C20H23N3O2S. The SMILES string of the molecule is CCCCOc1ccc(NC(=O)CSc2nc(C)cc(C)c2C#N)cc1. The Balaban J connectivity index is 1.90. The highest BCUT2D eigenvalue weighted by Gasteiger charge is 2.11. The van der Waals surface area contributed by atoms with Crippen molar-refractivity contribution in [2.45, 2.75) is 38.6 Å². The monoisotopic (exact) mass is 369 g/mol. The maximum absolute atomic E-state index is 12.2. The van der Waals surface area contributed by atoms with Gasteiger partial charge in [0.05, 0.1) is 17.9 Å². The number of unbranched alkanes of at least 4 members (excludes halogenated alkanes) is 1. The van der Waals surface area contributed by atoms with Crippen LogP contribution in [0.5, 0.6) is 5.75 Å². The van der Waals surface area contributed by atoms with Crippen LogP contribution in [0.25, 0.3) is 0 Å². The highest BCUT2D eigenvalue weighted by molar-refractivity contribution is 8.00. The van der Waals surface area contributed by atoms with Crippen LogP contribution >= 0.6 is 11.8 Å². The number of pyridine rings is 1. The highest BCUT2D eigenvalue weighted by Crippen LogP contribution is 2.24. The van der Waals surface area contributed by atoms with Crippen LogP contribution in [0.2, 0.25) is 0 Å². The summed E-state index contributed by atoms with van der Waals surface area (Å²) in [6.07, 6.45) is 2.11. The van der Waals surface area contributed by atoms with Crippen LogP contribution in [-0.4, -0.2) is 23.3 Å². The highest BCUT2D eigenvalue weighted by atomic mass is 32.2. The number of amides is 1. The standard InChI is InChI=1S/C20H23N3O2S/c1-4-5-10-25-17-8-6-16(7-9-17)23-19(24)13-26-20-18(12-21)14(2)11-15(3)22-20/h6-9,11H,4-5,10,13H2,1-3H3,(H,23,24). The topological polar surface area (TPSA) is 75.0 Å². The van der Waals surface area contributed by atoms with Crippen LogP contribution in [0.15, 0.2) is 35.4 Å². The smallest absolute Gasteiger partial charge is 0.234 e. The minimum absolute atomic E-state index is 0.139. The summed E-state index contributed by atoms with van der Waals surface area (Å²) in [6, 6.07) is 11.4. The van der Waals surface area contributed by atoms with Crippen molar-refractivity contribution < 1.29 is 9.53 Å². The minimum Gasteiger partial charge on any atom is -0.494 e. The van der Waals surface area contributed by atoms with Crippen molar-refractivity contribution >= 4 is 23.4 Å². The van der Waals surface area contributed by atoms with Gasteiger partial charge < -0.3 is 10.1 Å². The Bertz CT molecular complexity index is 798. The van der Waals surface area contributed by atoms with E-state index in [1.807, 2.05) is 44.2 Å². The van der Waals surface area contributed by atoms with E-state index >= 15 is 0 Å². The third-order valence-electron chi connectivity index (χ3n) is 3.67. The van der Waals surface area contributed by atoms with Gasteiger partial charge in [-0.25, -0.2) is 4.98 Å². The molecule has 1 aromatic carbocycles. The number of hydrogen-bond donors (Lipinski definition) is 1. The average Bonchev–Trinajstić information content (AvgIpc) is 2.61. The van der Waals surface area contributed by atoms with Crippen molar-refractivity contribution in [2.75, 3.05) is 17.7 Å². The number of aromatic nitrogens is 1. The third kappa shape index (κ3) is 5.78. The average molecular weight is 369 g/mol. The molecule has 1 N–H and O–H groups in total. The lowest BCUT2D eigenvalue weighted by atomic mass is 10.1. The van der Waals surface area contributed by atoms with Crippen LogP contribution in [-0.2, 0) is 4.79 Å². The number of benzene rings is 1. The molecule has 1 aromatic heterocycles. The number of hydrogen-bond acceptors (Lipinski definition) is 5. The predicted molar refractivity (Wildman–Crippen MR) is 105 cm³/mol. The van der Waals surface area contributed by atoms with E-state index in [9.17, 15) is 10.1 Å². The lowest BCUT2D eigenvalue weighted by Gasteiger charge is -2.09. The van der Waals surface area contributed by atoms with Gasteiger partial charge in [-0.3, -0.25) is 4.79 Å². The second kappa shape index (κ2) is 9.83. The first-order valence-corrected chi connectivity index (χ1v) is 9.56. The summed E-state index contributed by atoms with van der Waals surface area (Å²) in [7, 11) is 0. The molecule has 0 unspecified atom stereocenters. The van der Waals surface area contributed by atoms with Crippen LogP contribution in [0, 0.1) is 25.2 Å². The molecule has 2 rings (SSSR count). The van der Waals surface area contributed by atoms with E-state index in [0.717, 1.165) is 29.8 Å². The first-order chi connectivity index (χ1) is 12.5. The van der Waals surface area contributed by atoms with E-state index in [1.54, 1.807) is 0 Å². The van der Waals surface area contributed by atoms with Crippen molar-refractivity contribution in [1.29, 1.82) is 5.26 Å². The molecule has 0 radical (unpaired) electrons. The molecule has 1 heterocycles. The number of carbonyl (C=O) groups is 1. The zero-order valence-corrected chi connectivity index (χ0v) is 16.2. The van der Waals surface area contributed by atoms with Gasteiger partial charge in [0.15, 0.2) is 0 Å². The zero-order valence-electron chi connectivity index (χ0n) is 15.3.